The Hall–Kier alpha value is -0.760. The van der Waals surface area contributed by atoms with Gasteiger partial charge in [0.05, 0.1) is 4.90 Å². The predicted molar refractivity (Wildman–Crippen MR) is 45.7 cm³/mol. The van der Waals surface area contributed by atoms with E-state index in [1.807, 2.05) is 0 Å². The van der Waals surface area contributed by atoms with Gasteiger partial charge in [-0.25, -0.2) is 8.42 Å². The maximum atomic E-state index is 11.1. The first-order valence-corrected chi connectivity index (χ1v) is 5.75. The Morgan fingerprint density at radius 1 is 1.23 bits per heavy atom. The third-order valence-corrected chi connectivity index (χ3v) is 3.55. The molecular weight excluding hydrogens is 214 g/mol. The fourth-order valence-electron chi connectivity index (χ4n) is 0.737. The van der Waals surface area contributed by atoms with Crippen LogP contribution in [0.5, 0.6) is 0 Å². The highest BCUT2D eigenvalue weighted by atomic mass is 32.3. The molecule has 1 aromatic rings. The summed E-state index contributed by atoms with van der Waals surface area (Å²) in [6.45, 7) is 0. The highest BCUT2D eigenvalue weighted by Crippen LogP contribution is 2.06. The lowest BCUT2D eigenvalue weighted by Crippen LogP contribution is -2.25. The van der Waals surface area contributed by atoms with Crippen LogP contribution >= 0.6 is 0 Å². The molecule has 0 spiro atoms. The number of nitrogens with one attached hydrogen (secondary N) is 1. The lowest BCUT2D eigenvalue weighted by molar-refractivity contribution is 0.530. The van der Waals surface area contributed by atoms with E-state index in [0.717, 1.165) is 0 Å². The number of rotatable bonds is 3. The summed E-state index contributed by atoms with van der Waals surface area (Å²) in [5, 5.41) is 0. The van der Waals surface area contributed by atoms with Crippen molar-refractivity contribution >= 4 is 21.3 Å². The second-order valence-electron chi connectivity index (χ2n) is 2.13. The minimum absolute atomic E-state index is 0.0841. The van der Waals surface area contributed by atoms with Gasteiger partial charge in [0.15, 0.2) is 0 Å². The van der Waals surface area contributed by atoms with Crippen LogP contribution in [-0.2, 0) is 21.3 Å². The zero-order valence-electron chi connectivity index (χ0n) is 6.34. The predicted octanol–water partition coefficient (Wildman–Crippen LogP) is -0.241. The topological polar surface area (TPSA) is 86.3 Å². The molecule has 0 saturated carbocycles. The first-order chi connectivity index (χ1) is 6.02. The molecule has 1 aromatic carbocycles. The normalized spacial score (nSPS) is 13.9. The fraction of sp³-hybridized carbons (Fsp3) is 0. The third-order valence-electron chi connectivity index (χ3n) is 1.23. The molecule has 0 fully saturated rings. The molecule has 5 nitrogen and oxygen atoms in total. The molecule has 1 atom stereocenters. The van der Waals surface area contributed by atoms with Gasteiger partial charge in [0.2, 0.25) is 0 Å². The largest absolute Gasteiger partial charge is 0.759 e. The van der Waals surface area contributed by atoms with Crippen molar-refractivity contribution in [2.45, 2.75) is 4.90 Å². The van der Waals surface area contributed by atoms with Gasteiger partial charge in [-0.15, -0.1) is 4.13 Å². The first-order valence-electron chi connectivity index (χ1n) is 3.19. The standard InChI is InChI=1S/C6H7NO4S2/c8-12(9)7-13(10,11)6-4-2-1-3-5-6/h1-5,7H,(H,8,9)/p-1. The summed E-state index contributed by atoms with van der Waals surface area (Å²) in [6, 6.07) is 7.24. The van der Waals surface area contributed by atoms with Crippen molar-refractivity contribution in [2.75, 3.05) is 0 Å². The highest BCUT2D eigenvalue weighted by Gasteiger charge is 2.12. The van der Waals surface area contributed by atoms with E-state index in [0.29, 0.717) is 0 Å². The zero-order chi connectivity index (χ0) is 9.90. The minimum Gasteiger partial charge on any atom is -0.759 e. The van der Waals surface area contributed by atoms with Crippen molar-refractivity contribution < 1.29 is 17.2 Å². The minimum atomic E-state index is -3.92. The summed E-state index contributed by atoms with van der Waals surface area (Å²) in [4.78, 5) is -0.0841. The van der Waals surface area contributed by atoms with E-state index in [2.05, 4.69) is 0 Å². The number of benzene rings is 1. The van der Waals surface area contributed by atoms with E-state index in [1.54, 1.807) is 6.07 Å². The van der Waals surface area contributed by atoms with Crippen molar-refractivity contribution in [3.05, 3.63) is 30.3 Å². The van der Waals surface area contributed by atoms with Crippen LogP contribution in [0.4, 0.5) is 0 Å². The van der Waals surface area contributed by atoms with Crippen LogP contribution < -0.4 is 4.13 Å². The molecule has 72 valence electrons. The molecule has 1 rings (SSSR count). The maximum absolute atomic E-state index is 11.1. The molecule has 1 N–H and O–H groups in total. The zero-order valence-corrected chi connectivity index (χ0v) is 7.97. The van der Waals surface area contributed by atoms with Crippen LogP contribution in [0.2, 0.25) is 0 Å². The second-order valence-corrected chi connectivity index (χ2v) is 4.75. The Bertz CT molecular complexity index is 400. The molecule has 0 aliphatic rings. The Morgan fingerprint density at radius 2 is 1.77 bits per heavy atom. The molecule has 0 saturated heterocycles. The monoisotopic (exact) mass is 220 g/mol. The van der Waals surface area contributed by atoms with Crippen LogP contribution in [0.1, 0.15) is 0 Å². The summed E-state index contributed by atoms with van der Waals surface area (Å²) in [6.07, 6.45) is 0. The van der Waals surface area contributed by atoms with Gasteiger partial charge in [0.25, 0.3) is 10.0 Å². The fourth-order valence-corrected chi connectivity index (χ4v) is 2.35. The summed E-state index contributed by atoms with van der Waals surface area (Å²) >= 11 is -2.82. The molecule has 0 aromatic heterocycles. The van der Waals surface area contributed by atoms with Crippen molar-refractivity contribution in [3.8, 4) is 0 Å². The molecule has 0 bridgehead atoms. The third kappa shape index (κ3) is 2.88. The van der Waals surface area contributed by atoms with Crippen LogP contribution in [0.15, 0.2) is 35.2 Å². The average Bonchev–Trinajstić information content (AvgIpc) is 2.04. The first kappa shape index (κ1) is 10.3. The summed E-state index contributed by atoms with van der Waals surface area (Å²) in [5.74, 6) is 0. The summed E-state index contributed by atoms with van der Waals surface area (Å²) < 4.78 is 43.9. The van der Waals surface area contributed by atoms with Gasteiger partial charge in [-0.2, -0.15) is 0 Å². The second kappa shape index (κ2) is 3.97. The van der Waals surface area contributed by atoms with Gasteiger partial charge in [0, 0.05) is 11.3 Å². The van der Waals surface area contributed by atoms with Crippen LogP contribution in [-0.4, -0.2) is 17.2 Å². The van der Waals surface area contributed by atoms with Crippen molar-refractivity contribution in [1.29, 1.82) is 0 Å². The molecule has 0 aliphatic carbocycles. The summed E-state index contributed by atoms with van der Waals surface area (Å²) in [7, 11) is -3.92. The molecule has 13 heavy (non-hydrogen) atoms. The Kier molecular flexibility index (Phi) is 3.15. The van der Waals surface area contributed by atoms with E-state index < -0.39 is 21.3 Å². The van der Waals surface area contributed by atoms with Gasteiger partial charge in [0.1, 0.15) is 0 Å². The maximum Gasteiger partial charge on any atom is 0.250 e. The number of sulfonamides is 1. The van der Waals surface area contributed by atoms with Crippen LogP contribution in [0, 0.1) is 0 Å². The van der Waals surface area contributed by atoms with Gasteiger partial charge < -0.3 is 4.55 Å². The van der Waals surface area contributed by atoms with Crippen LogP contribution in [0.25, 0.3) is 0 Å². The number of hydrogen-bond acceptors (Lipinski definition) is 4. The van der Waals surface area contributed by atoms with Crippen LogP contribution in [0.3, 0.4) is 0 Å². The Morgan fingerprint density at radius 3 is 2.23 bits per heavy atom. The lowest BCUT2D eigenvalue weighted by atomic mass is 10.4. The quantitative estimate of drug-likeness (QED) is 0.712. The van der Waals surface area contributed by atoms with Gasteiger partial charge >= 0.3 is 0 Å². The molecule has 7 heteroatoms. The van der Waals surface area contributed by atoms with Crippen molar-refractivity contribution in [3.63, 3.8) is 0 Å². The lowest BCUT2D eigenvalue weighted by Gasteiger charge is -2.07. The molecule has 0 aliphatic heterocycles. The van der Waals surface area contributed by atoms with E-state index in [9.17, 15) is 17.2 Å². The Labute approximate surface area is 78.3 Å². The summed E-state index contributed by atoms with van der Waals surface area (Å²) in [5.41, 5.74) is 0. The van der Waals surface area contributed by atoms with Crippen molar-refractivity contribution in [1.82, 2.24) is 4.13 Å². The smallest absolute Gasteiger partial charge is 0.250 e. The molecular formula is C6H6NO4S2-. The SMILES string of the molecule is O=S([O-])NS(=O)(=O)c1ccccc1. The Balaban J connectivity index is 3.02. The molecule has 1 unspecified atom stereocenters. The average molecular weight is 220 g/mol. The van der Waals surface area contributed by atoms with E-state index in [-0.39, 0.29) is 4.90 Å². The van der Waals surface area contributed by atoms with Gasteiger partial charge in [-0.05, 0) is 12.1 Å². The van der Waals surface area contributed by atoms with E-state index in [1.165, 1.54) is 28.4 Å². The van der Waals surface area contributed by atoms with Crippen molar-refractivity contribution in [2.24, 2.45) is 0 Å². The number of hydrogen-bond donors (Lipinski definition) is 1. The molecule has 0 heterocycles. The molecule has 0 amide bonds. The van der Waals surface area contributed by atoms with E-state index >= 15 is 0 Å². The highest BCUT2D eigenvalue weighted by molar-refractivity contribution is 8.00. The van der Waals surface area contributed by atoms with Gasteiger partial charge in [-0.1, -0.05) is 18.2 Å². The van der Waals surface area contributed by atoms with Gasteiger partial charge in [-0.3, -0.25) is 4.21 Å². The van der Waals surface area contributed by atoms with E-state index in [4.69, 9.17) is 0 Å². The molecule has 0 radical (unpaired) electrons.